The third kappa shape index (κ3) is 3.42. The zero-order valence-electron chi connectivity index (χ0n) is 13.7. The van der Waals surface area contributed by atoms with Crippen molar-refractivity contribution in [3.63, 3.8) is 0 Å². The molecule has 3 heterocycles. The topological polar surface area (TPSA) is 65.8 Å². The first-order chi connectivity index (χ1) is 11.2. The fourth-order valence-electron chi connectivity index (χ4n) is 3.67. The average Bonchev–Trinajstić information content (AvgIpc) is 3.26. The van der Waals surface area contributed by atoms with Crippen molar-refractivity contribution >= 4 is 11.8 Å². The molecule has 2 atom stereocenters. The fraction of sp³-hybridized carbons (Fsp3) is 0.647. The zero-order valence-corrected chi connectivity index (χ0v) is 13.7. The van der Waals surface area contributed by atoms with E-state index in [1.807, 2.05) is 11.9 Å². The first kappa shape index (κ1) is 16.1. The van der Waals surface area contributed by atoms with Crippen LogP contribution < -0.4 is 5.32 Å². The van der Waals surface area contributed by atoms with Gasteiger partial charge in [0.1, 0.15) is 6.04 Å². The largest absolute Gasteiger partial charge is 0.459 e. The van der Waals surface area contributed by atoms with Crippen molar-refractivity contribution in [3.05, 3.63) is 24.2 Å². The second-order valence-corrected chi connectivity index (χ2v) is 6.48. The van der Waals surface area contributed by atoms with E-state index in [1.165, 1.54) is 6.26 Å². The van der Waals surface area contributed by atoms with E-state index < -0.39 is 0 Å². The molecule has 2 aliphatic rings. The van der Waals surface area contributed by atoms with Crippen LogP contribution in [0.1, 0.15) is 36.2 Å². The van der Waals surface area contributed by atoms with Gasteiger partial charge >= 0.3 is 0 Å². The van der Waals surface area contributed by atoms with Crippen LogP contribution in [0.4, 0.5) is 0 Å². The molecule has 2 amide bonds. The van der Waals surface area contributed by atoms with Crippen molar-refractivity contribution in [2.75, 3.05) is 33.2 Å². The standard InChI is InChI=1S/C17H25N3O3/c1-18-11-13-7-9-19(12-13)16(21)14-5-2-3-8-20(14)17(22)15-6-4-10-23-15/h4,6,10,13-14,18H,2-3,5,7-9,11-12H2,1H3. The van der Waals surface area contributed by atoms with Gasteiger partial charge in [0.05, 0.1) is 6.26 Å². The highest BCUT2D eigenvalue weighted by molar-refractivity contribution is 5.95. The Kier molecular flexibility index (Phi) is 5.00. The molecule has 0 spiro atoms. The van der Waals surface area contributed by atoms with Gasteiger partial charge in [0.25, 0.3) is 5.91 Å². The highest BCUT2D eigenvalue weighted by atomic mass is 16.3. The summed E-state index contributed by atoms with van der Waals surface area (Å²) in [6.07, 6.45) is 5.21. The summed E-state index contributed by atoms with van der Waals surface area (Å²) in [6, 6.07) is 3.03. The normalized spacial score (nSPS) is 24.9. The Balaban J connectivity index is 1.69. The Labute approximate surface area is 136 Å². The van der Waals surface area contributed by atoms with Crippen molar-refractivity contribution in [1.29, 1.82) is 0 Å². The summed E-state index contributed by atoms with van der Waals surface area (Å²) in [5.74, 6) is 0.767. The fourth-order valence-corrected chi connectivity index (χ4v) is 3.67. The van der Waals surface area contributed by atoms with Gasteiger partial charge < -0.3 is 19.5 Å². The molecule has 1 N–H and O–H groups in total. The number of amides is 2. The summed E-state index contributed by atoms with van der Waals surface area (Å²) in [6.45, 7) is 3.15. The molecule has 0 aliphatic carbocycles. The van der Waals surface area contributed by atoms with Crippen LogP contribution in [0, 0.1) is 5.92 Å². The predicted molar refractivity (Wildman–Crippen MR) is 86.0 cm³/mol. The molecule has 0 bridgehead atoms. The van der Waals surface area contributed by atoms with E-state index in [0.717, 1.165) is 45.3 Å². The van der Waals surface area contributed by atoms with E-state index in [4.69, 9.17) is 4.42 Å². The molecule has 1 aromatic heterocycles. The van der Waals surface area contributed by atoms with Gasteiger partial charge in [0, 0.05) is 19.6 Å². The van der Waals surface area contributed by atoms with E-state index in [2.05, 4.69) is 5.32 Å². The Morgan fingerprint density at radius 1 is 1.30 bits per heavy atom. The lowest BCUT2D eigenvalue weighted by molar-refractivity contribution is -0.136. The molecule has 0 saturated carbocycles. The molecule has 23 heavy (non-hydrogen) atoms. The van der Waals surface area contributed by atoms with Crippen LogP contribution in [0.25, 0.3) is 0 Å². The van der Waals surface area contributed by atoms with Gasteiger partial charge in [0.15, 0.2) is 5.76 Å². The molecule has 2 aliphatic heterocycles. The van der Waals surface area contributed by atoms with Crippen LogP contribution in [0.15, 0.2) is 22.8 Å². The van der Waals surface area contributed by atoms with E-state index in [1.54, 1.807) is 17.0 Å². The van der Waals surface area contributed by atoms with E-state index in [9.17, 15) is 9.59 Å². The monoisotopic (exact) mass is 319 g/mol. The maximum absolute atomic E-state index is 12.9. The molecule has 1 aromatic rings. The van der Waals surface area contributed by atoms with Gasteiger partial charge in [-0.3, -0.25) is 9.59 Å². The molecule has 0 radical (unpaired) electrons. The number of hydrogen-bond acceptors (Lipinski definition) is 4. The van der Waals surface area contributed by atoms with Crippen LogP contribution in [0.2, 0.25) is 0 Å². The second kappa shape index (κ2) is 7.17. The Hall–Kier alpha value is -1.82. The van der Waals surface area contributed by atoms with Gasteiger partial charge in [-0.15, -0.1) is 0 Å². The summed E-state index contributed by atoms with van der Waals surface area (Å²) < 4.78 is 5.23. The number of nitrogens with one attached hydrogen (secondary N) is 1. The lowest BCUT2D eigenvalue weighted by Crippen LogP contribution is -2.52. The Bertz CT molecular complexity index is 543. The number of carbonyl (C=O) groups excluding carboxylic acids is 2. The van der Waals surface area contributed by atoms with Gasteiger partial charge in [0.2, 0.25) is 5.91 Å². The van der Waals surface area contributed by atoms with Crippen LogP contribution in [0.5, 0.6) is 0 Å². The van der Waals surface area contributed by atoms with Crippen LogP contribution in [-0.4, -0.2) is 60.9 Å². The van der Waals surface area contributed by atoms with E-state index >= 15 is 0 Å². The van der Waals surface area contributed by atoms with Crippen LogP contribution >= 0.6 is 0 Å². The lowest BCUT2D eigenvalue weighted by Gasteiger charge is -2.36. The lowest BCUT2D eigenvalue weighted by atomic mass is 10.0. The predicted octanol–water partition coefficient (Wildman–Crippen LogP) is 1.34. The Morgan fingerprint density at radius 2 is 2.17 bits per heavy atom. The average molecular weight is 319 g/mol. The minimum atomic E-state index is -0.338. The molecule has 126 valence electrons. The van der Waals surface area contributed by atoms with Crippen molar-refractivity contribution < 1.29 is 14.0 Å². The minimum absolute atomic E-state index is 0.100. The zero-order chi connectivity index (χ0) is 16.2. The molecule has 6 nitrogen and oxygen atoms in total. The number of likely N-dealkylation sites (tertiary alicyclic amines) is 2. The number of nitrogens with zero attached hydrogens (tertiary/aromatic N) is 2. The number of rotatable bonds is 4. The summed E-state index contributed by atoms with van der Waals surface area (Å²) >= 11 is 0. The molecular formula is C17H25N3O3. The summed E-state index contributed by atoms with van der Waals surface area (Å²) in [4.78, 5) is 29.2. The van der Waals surface area contributed by atoms with E-state index in [-0.39, 0.29) is 17.9 Å². The summed E-state index contributed by atoms with van der Waals surface area (Å²) in [7, 11) is 1.94. The van der Waals surface area contributed by atoms with Gasteiger partial charge in [-0.05, 0) is 57.3 Å². The highest BCUT2D eigenvalue weighted by Gasteiger charge is 2.38. The molecule has 2 saturated heterocycles. The van der Waals surface area contributed by atoms with Gasteiger partial charge in [-0.2, -0.15) is 0 Å². The van der Waals surface area contributed by atoms with Crippen LogP contribution in [-0.2, 0) is 4.79 Å². The quantitative estimate of drug-likeness (QED) is 0.909. The second-order valence-electron chi connectivity index (χ2n) is 6.48. The smallest absolute Gasteiger partial charge is 0.290 e. The van der Waals surface area contributed by atoms with Crippen molar-refractivity contribution in [1.82, 2.24) is 15.1 Å². The number of piperidine rings is 1. The van der Waals surface area contributed by atoms with Crippen LogP contribution in [0.3, 0.4) is 0 Å². The number of hydrogen-bond donors (Lipinski definition) is 1. The third-order valence-electron chi connectivity index (χ3n) is 4.87. The SMILES string of the molecule is CNCC1CCN(C(=O)C2CCCCN2C(=O)c2ccco2)C1. The van der Waals surface area contributed by atoms with Crippen molar-refractivity contribution in [3.8, 4) is 0 Å². The molecular weight excluding hydrogens is 294 g/mol. The summed E-state index contributed by atoms with van der Waals surface area (Å²) in [5.41, 5.74) is 0. The summed E-state index contributed by atoms with van der Waals surface area (Å²) in [5, 5.41) is 3.18. The maximum atomic E-state index is 12.9. The van der Waals surface area contributed by atoms with Crippen molar-refractivity contribution in [2.24, 2.45) is 5.92 Å². The van der Waals surface area contributed by atoms with Gasteiger partial charge in [-0.25, -0.2) is 0 Å². The molecule has 0 aromatic carbocycles. The molecule has 2 unspecified atom stereocenters. The number of furan rings is 1. The minimum Gasteiger partial charge on any atom is -0.459 e. The third-order valence-corrected chi connectivity index (χ3v) is 4.87. The molecule has 3 rings (SSSR count). The van der Waals surface area contributed by atoms with Gasteiger partial charge in [-0.1, -0.05) is 0 Å². The maximum Gasteiger partial charge on any atom is 0.290 e. The first-order valence-corrected chi connectivity index (χ1v) is 8.48. The molecule has 2 fully saturated rings. The Morgan fingerprint density at radius 3 is 2.91 bits per heavy atom. The van der Waals surface area contributed by atoms with E-state index in [0.29, 0.717) is 18.2 Å². The highest BCUT2D eigenvalue weighted by Crippen LogP contribution is 2.24. The first-order valence-electron chi connectivity index (χ1n) is 8.48. The number of carbonyl (C=O) groups is 2. The molecule has 6 heteroatoms. The van der Waals surface area contributed by atoms with Crippen molar-refractivity contribution in [2.45, 2.75) is 31.7 Å².